The number of rotatable bonds is 2. The van der Waals surface area contributed by atoms with Crippen molar-refractivity contribution in [2.45, 2.75) is 37.2 Å². The van der Waals surface area contributed by atoms with Gasteiger partial charge in [0.2, 0.25) is 0 Å². The minimum absolute atomic E-state index is 0.376. The van der Waals surface area contributed by atoms with Crippen LogP contribution in [0.3, 0.4) is 0 Å². The van der Waals surface area contributed by atoms with Gasteiger partial charge < -0.3 is 10.4 Å². The summed E-state index contributed by atoms with van der Waals surface area (Å²) < 4.78 is 0. The number of nitrogens with one attached hydrogen (secondary N) is 1. The highest BCUT2D eigenvalue weighted by Crippen LogP contribution is 2.40. The van der Waals surface area contributed by atoms with Crippen LogP contribution in [0.4, 0.5) is 0 Å². The van der Waals surface area contributed by atoms with Gasteiger partial charge in [-0.15, -0.1) is 0 Å². The second-order valence-corrected chi connectivity index (χ2v) is 5.09. The van der Waals surface area contributed by atoms with Crippen molar-refractivity contribution in [3.63, 3.8) is 0 Å². The molecule has 1 aromatic carbocycles. The van der Waals surface area contributed by atoms with Crippen molar-refractivity contribution in [3.05, 3.63) is 35.9 Å². The van der Waals surface area contributed by atoms with Crippen LogP contribution in [0.25, 0.3) is 0 Å². The monoisotopic (exact) mass is 249 g/mol. The van der Waals surface area contributed by atoms with E-state index >= 15 is 0 Å². The van der Waals surface area contributed by atoms with E-state index in [4.69, 9.17) is 12.2 Å². The summed E-state index contributed by atoms with van der Waals surface area (Å²) in [5.41, 5.74) is 0.746. The summed E-state index contributed by atoms with van der Waals surface area (Å²) in [6.45, 7) is 0. The molecule has 2 N–H and O–H groups in total. The van der Waals surface area contributed by atoms with E-state index in [1.807, 2.05) is 25.2 Å². The predicted molar refractivity (Wildman–Crippen MR) is 74.3 cm³/mol. The van der Waals surface area contributed by atoms with E-state index in [0.29, 0.717) is 0 Å². The normalized spacial score (nSPS) is 28.7. The van der Waals surface area contributed by atoms with Crippen molar-refractivity contribution < 1.29 is 5.11 Å². The summed E-state index contributed by atoms with van der Waals surface area (Å²) in [6.07, 6.45) is 3.59. The molecule has 0 radical (unpaired) electrons. The fraction of sp³-hybridized carbons (Fsp3) is 0.500. The first-order valence-electron chi connectivity index (χ1n) is 6.17. The first-order chi connectivity index (χ1) is 8.21. The van der Waals surface area contributed by atoms with Gasteiger partial charge in [0.25, 0.3) is 0 Å². The van der Waals surface area contributed by atoms with Gasteiger partial charge in [0.15, 0.2) is 0 Å². The third-order valence-corrected chi connectivity index (χ3v) is 4.36. The topological polar surface area (TPSA) is 32.3 Å². The van der Waals surface area contributed by atoms with Gasteiger partial charge in [-0.05, 0) is 18.4 Å². The Kier molecular flexibility index (Phi) is 3.79. The molecule has 1 saturated carbocycles. The van der Waals surface area contributed by atoms with Gasteiger partial charge in [0, 0.05) is 7.05 Å². The van der Waals surface area contributed by atoms with Crippen molar-refractivity contribution in [2.24, 2.45) is 0 Å². The Morgan fingerprint density at radius 1 is 1.35 bits per heavy atom. The Balaban J connectivity index is 2.46. The maximum Gasteiger partial charge on any atom is 0.0884 e. The molecule has 2 rings (SSSR count). The van der Waals surface area contributed by atoms with E-state index in [1.54, 1.807) is 0 Å². The lowest BCUT2D eigenvalue weighted by molar-refractivity contribution is 0.0778. The number of aliphatic hydroxyl groups excluding tert-OH is 1. The molecule has 17 heavy (non-hydrogen) atoms. The molecular formula is C14H19NOS. The standard InChI is InChI=1S/C14H19NOS/c1-15-13(17)14(10-6-5-9-12(14)16)11-7-3-2-4-8-11/h2-4,7-8,12,16H,5-6,9-10H2,1H3,(H,15,17)/t12-,14+/m1/s1. The minimum atomic E-state index is -0.385. The van der Waals surface area contributed by atoms with Crippen LogP contribution < -0.4 is 5.32 Å². The van der Waals surface area contributed by atoms with Crippen LogP contribution in [-0.2, 0) is 5.41 Å². The molecule has 92 valence electrons. The van der Waals surface area contributed by atoms with Crippen LogP contribution in [0.2, 0.25) is 0 Å². The molecule has 2 atom stereocenters. The molecule has 0 saturated heterocycles. The minimum Gasteiger partial charge on any atom is -0.392 e. The molecule has 2 nitrogen and oxygen atoms in total. The van der Waals surface area contributed by atoms with E-state index in [2.05, 4.69) is 17.4 Å². The third-order valence-electron chi connectivity index (χ3n) is 3.79. The zero-order chi connectivity index (χ0) is 12.3. The van der Waals surface area contributed by atoms with Crippen LogP contribution in [0, 0.1) is 0 Å². The molecule has 0 unspecified atom stereocenters. The average molecular weight is 249 g/mol. The van der Waals surface area contributed by atoms with Crippen molar-refractivity contribution in [1.82, 2.24) is 5.32 Å². The van der Waals surface area contributed by atoms with E-state index in [1.165, 1.54) is 0 Å². The van der Waals surface area contributed by atoms with Gasteiger partial charge in [0.1, 0.15) is 0 Å². The quantitative estimate of drug-likeness (QED) is 0.790. The largest absolute Gasteiger partial charge is 0.392 e. The van der Waals surface area contributed by atoms with E-state index in [-0.39, 0.29) is 11.5 Å². The fourth-order valence-corrected chi connectivity index (χ4v) is 3.20. The number of likely N-dealkylation sites (N-methyl/N-ethyl adjacent to an activating group) is 1. The highest BCUT2D eigenvalue weighted by atomic mass is 32.1. The first kappa shape index (κ1) is 12.5. The molecule has 0 heterocycles. The molecule has 0 spiro atoms. The molecular weight excluding hydrogens is 230 g/mol. The summed E-state index contributed by atoms with van der Waals surface area (Å²) in [6, 6.07) is 10.2. The Hall–Kier alpha value is -0.930. The Labute approximate surface area is 108 Å². The molecule has 1 aliphatic carbocycles. The van der Waals surface area contributed by atoms with Gasteiger partial charge in [-0.1, -0.05) is 55.4 Å². The Morgan fingerprint density at radius 2 is 2.06 bits per heavy atom. The molecule has 1 fully saturated rings. The molecule has 3 heteroatoms. The van der Waals surface area contributed by atoms with Gasteiger partial charge in [0.05, 0.1) is 16.5 Å². The van der Waals surface area contributed by atoms with Crippen LogP contribution in [0.1, 0.15) is 31.2 Å². The summed E-state index contributed by atoms with van der Waals surface area (Å²) >= 11 is 5.48. The van der Waals surface area contributed by atoms with Crippen molar-refractivity contribution in [2.75, 3.05) is 7.05 Å². The smallest absolute Gasteiger partial charge is 0.0884 e. The SMILES string of the molecule is CNC(=S)[C@]1(c2ccccc2)CCCC[C@H]1O. The van der Waals surface area contributed by atoms with Crippen LogP contribution in [-0.4, -0.2) is 23.2 Å². The van der Waals surface area contributed by atoms with Crippen LogP contribution in [0.15, 0.2) is 30.3 Å². The van der Waals surface area contributed by atoms with Gasteiger partial charge >= 0.3 is 0 Å². The Bertz CT molecular complexity index is 392. The van der Waals surface area contributed by atoms with Crippen molar-refractivity contribution in [1.29, 1.82) is 0 Å². The first-order valence-corrected chi connectivity index (χ1v) is 6.58. The zero-order valence-corrected chi connectivity index (χ0v) is 11.0. The second-order valence-electron chi connectivity index (χ2n) is 4.68. The van der Waals surface area contributed by atoms with Crippen LogP contribution >= 0.6 is 12.2 Å². The lowest BCUT2D eigenvalue weighted by Crippen LogP contribution is -2.52. The predicted octanol–water partition coefficient (Wildman–Crippen LogP) is 2.41. The average Bonchev–Trinajstić information content (AvgIpc) is 2.39. The number of hydrogen-bond acceptors (Lipinski definition) is 2. The summed E-state index contributed by atoms with van der Waals surface area (Å²) in [5.74, 6) is 0. The van der Waals surface area contributed by atoms with Gasteiger partial charge in [-0.25, -0.2) is 0 Å². The second kappa shape index (κ2) is 5.15. The Morgan fingerprint density at radius 3 is 2.65 bits per heavy atom. The number of hydrogen-bond donors (Lipinski definition) is 2. The molecule has 0 bridgehead atoms. The maximum absolute atomic E-state index is 10.4. The molecule has 0 amide bonds. The lowest BCUT2D eigenvalue weighted by atomic mass is 9.67. The number of benzene rings is 1. The highest BCUT2D eigenvalue weighted by Gasteiger charge is 2.44. The van der Waals surface area contributed by atoms with E-state index in [0.717, 1.165) is 36.2 Å². The molecule has 1 aliphatic rings. The molecule has 1 aromatic rings. The van der Waals surface area contributed by atoms with Crippen molar-refractivity contribution >= 4 is 17.2 Å². The third kappa shape index (κ3) is 2.09. The number of thiocarbonyl (C=S) groups is 1. The summed E-state index contributed by atoms with van der Waals surface area (Å²) in [4.78, 5) is 0.760. The van der Waals surface area contributed by atoms with Crippen molar-refractivity contribution in [3.8, 4) is 0 Å². The van der Waals surface area contributed by atoms with Gasteiger partial charge in [-0.3, -0.25) is 0 Å². The molecule has 0 aliphatic heterocycles. The highest BCUT2D eigenvalue weighted by molar-refractivity contribution is 7.80. The van der Waals surface area contributed by atoms with Gasteiger partial charge in [-0.2, -0.15) is 0 Å². The number of aliphatic hydroxyl groups is 1. The lowest BCUT2D eigenvalue weighted by Gasteiger charge is -2.42. The van der Waals surface area contributed by atoms with E-state index in [9.17, 15) is 5.11 Å². The zero-order valence-electron chi connectivity index (χ0n) is 10.1. The summed E-state index contributed by atoms with van der Waals surface area (Å²) in [7, 11) is 1.84. The maximum atomic E-state index is 10.4. The summed E-state index contributed by atoms with van der Waals surface area (Å²) in [5, 5.41) is 13.5. The van der Waals surface area contributed by atoms with Crippen LogP contribution in [0.5, 0.6) is 0 Å². The molecule has 0 aromatic heterocycles. The fourth-order valence-electron chi connectivity index (χ4n) is 2.85. The van der Waals surface area contributed by atoms with E-state index < -0.39 is 0 Å².